The number of anilines is 2. The molecule has 1 fully saturated rings. The molecule has 21 heavy (non-hydrogen) atoms. The standard InChI is InChI=1S/C16H26N4O/c1-18(2)11-13-6-5-9-20(13)15-10-12(17)7-8-14(15)16(21)19(3)4/h7-8,10,13H,5-6,9,11,17H2,1-4H3. The Bertz CT molecular complexity index is 513. The normalized spacial score (nSPS) is 18.3. The topological polar surface area (TPSA) is 52.8 Å². The van der Waals surface area contributed by atoms with E-state index in [1.165, 1.54) is 0 Å². The molecule has 1 amide bonds. The van der Waals surface area contributed by atoms with Crippen LogP contribution in [0.5, 0.6) is 0 Å². The van der Waals surface area contributed by atoms with Crippen molar-refractivity contribution in [1.82, 2.24) is 9.80 Å². The van der Waals surface area contributed by atoms with Crippen molar-refractivity contribution >= 4 is 17.3 Å². The van der Waals surface area contributed by atoms with E-state index in [2.05, 4.69) is 23.9 Å². The fourth-order valence-electron chi connectivity index (χ4n) is 2.97. The molecule has 0 spiro atoms. The molecule has 0 saturated carbocycles. The molecule has 1 unspecified atom stereocenters. The average Bonchev–Trinajstić information content (AvgIpc) is 2.84. The van der Waals surface area contributed by atoms with Crippen LogP contribution in [0, 0.1) is 0 Å². The molecular weight excluding hydrogens is 264 g/mol. The minimum Gasteiger partial charge on any atom is -0.399 e. The van der Waals surface area contributed by atoms with E-state index in [-0.39, 0.29) is 5.91 Å². The first kappa shape index (κ1) is 15.6. The van der Waals surface area contributed by atoms with Gasteiger partial charge in [0.05, 0.1) is 11.3 Å². The number of carbonyl (C=O) groups is 1. The Kier molecular flexibility index (Phi) is 4.73. The van der Waals surface area contributed by atoms with Crippen LogP contribution < -0.4 is 10.6 Å². The highest BCUT2D eigenvalue weighted by atomic mass is 16.2. The van der Waals surface area contributed by atoms with E-state index < -0.39 is 0 Å². The lowest BCUT2D eigenvalue weighted by molar-refractivity contribution is 0.0828. The van der Waals surface area contributed by atoms with E-state index in [1.54, 1.807) is 25.1 Å². The summed E-state index contributed by atoms with van der Waals surface area (Å²) in [5.74, 6) is 0.0282. The quantitative estimate of drug-likeness (QED) is 0.854. The maximum absolute atomic E-state index is 12.4. The van der Waals surface area contributed by atoms with Crippen molar-refractivity contribution in [2.45, 2.75) is 18.9 Å². The SMILES string of the molecule is CN(C)CC1CCCN1c1cc(N)ccc1C(=O)N(C)C. The molecule has 2 rings (SSSR count). The van der Waals surface area contributed by atoms with Crippen molar-refractivity contribution in [1.29, 1.82) is 0 Å². The Balaban J connectivity index is 2.37. The average molecular weight is 290 g/mol. The molecule has 1 aromatic carbocycles. The Morgan fingerprint density at radius 1 is 1.33 bits per heavy atom. The lowest BCUT2D eigenvalue weighted by Crippen LogP contribution is -2.38. The molecule has 0 bridgehead atoms. The molecule has 1 aliphatic heterocycles. The van der Waals surface area contributed by atoms with Gasteiger partial charge in [-0.15, -0.1) is 0 Å². The summed E-state index contributed by atoms with van der Waals surface area (Å²) in [6, 6.07) is 6.02. The van der Waals surface area contributed by atoms with E-state index in [1.807, 2.05) is 12.1 Å². The second kappa shape index (κ2) is 6.35. The first-order valence-electron chi connectivity index (χ1n) is 7.42. The third-order valence-electron chi connectivity index (χ3n) is 3.92. The third-order valence-corrected chi connectivity index (χ3v) is 3.92. The fraction of sp³-hybridized carbons (Fsp3) is 0.562. The smallest absolute Gasteiger partial charge is 0.255 e. The van der Waals surface area contributed by atoms with Crippen molar-refractivity contribution < 1.29 is 4.79 Å². The minimum atomic E-state index is 0.0282. The zero-order chi connectivity index (χ0) is 15.6. The van der Waals surface area contributed by atoms with Gasteiger partial charge in [0.2, 0.25) is 0 Å². The highest BCUT2D eigenvalue weighted by Crippen LogP contribution is 2.31. The minimum absolute atomic E-state index is 0.0282. The molecule has 1 saturated heterocycles. The van der Waals surface area contributed by atoms with Gasteiger partial charge in [-0.25, -0.2) is 0 Å². The summed E-state index contributed by atoms with van der Waals surface area (Å²) in [7, 11) is 7.73. The first-order valence-corrected chi connectivity index (χ1v) is 7.42. The van der Waals surface area contributed by atoms with Gasteiger partial charge in [-0.05, 0) is 45.1 Å². The molecule has 0 aromatic heterocycles. The molecule has 1 aromatic rings. The van der Waals surface area contributed by atoms with Gasteiger partial charge in [0.25, 0.3) is 5.91 Å². The van der Waals surface area contributed by atoms with Gasteiger partial charge in [-0.2, -0.15) is 0 Å². The van der Waals surface area contributed by atoms with Crippen LogP contribution in [0.25, 0.3) is 0 Å². The first-order chi connectivity index (χ1) is 9.90. The highest BCUT2D eigenvalue weighted by molar-refractivity contribution is 6.00. The van der Waals surface area contributed by atoms with Crippen LogP contribution in [0.3, 0.4) is 0 Å². The predicted molar refractivity (Wildman–Crippen MR) is 87.8 cm³/mol. The number of nitrogens with zero attached hydrogens (tertiary/aromatic N) is 3. The van der Waals surface area contributed by atoms with Crippen molar-refractivity contribution in [3.8, 4) is 0 Å². The molecule has 0 aliphatic carbocycles. The summed E-state index contributed by atoms with van der Waals surface area (Å²) in [4.78, 5) is 18.6. The summed E-state index contributed by atoms with van der Waals surface area (Å²) >= 11 is 0. The van der Waals surface area contributed by atoms with Gasteiger partial charge < -0.3 is 20.4 Å². The van der Waals surface area contributed by atoms with Crippen molar-refractivity contribution in [3.05, 3.63) is 23.8 Å². The molecular formula is C16H26N4O. The number of likely N-dealkylation sites (N-methyl/N-ethyl adjacent to an activating group) is 1. The summed E-state index contributed by atoms with van der Waals surface area (Å²) < 4.78 is 0. The number of nitrogen functional groups attached to an aromatic ring is 1. The van der Waals surface area contributed by atoms with Crippen LogP contribution in [0.1, 0.15) is 23.2 Å². The Labute approximate surface area is 127 Å². The molecule has 1 atom stereocenters. The van der Waals surface area contributed by atoms with Crippen LogP contribution in [0.2, 0.25) is 0 Å². The van der Waals surface area contributed by atoms with E-state index in [4.69, 9.17) is 5.73 Å². The van der Waals surface area contributed by atoms with Crippen LogP contribution >= 0.6 is 0 Å². The number of hydrogen-bond donors (Lipinski definition) is 1. The van der Waals surface area contributed by atoms with Gasteiger partial charge in [-0.3, -0.25) is 4.79 Å². The molecule has 116 valence electrons. The number of nitrogens with two attached hydrogens (primary N) is 1. The molecule has 1 aliphatic rings. The zero-order valence-electron chi connectivity index (χ0n) is 13.5. The lowest BCUT2D eigenvalue weighted by atomic mass is 10.1. The van der Waals surface area contributed by atoms with Gasteiger partial charge in [0, 0.05) is 38.9 Å². The number of amides is 1. The van der Waals surface area contributed by atoms with E-state index in [0.29, 0.717) is 11.7 Å². The van der Waals surface area contributed by atoms with E-state index in [9.17, 15) is 4.79 Å². The third kappa shape index (κ3) is 3.47. The molecule has 5 heteroatoms. The van der Waals surface area contributed by atoms with Gasteiger partial charge in [-0.1, -0.05) is 0 Å². The highest BCUT2D eigenvalue weighted by Gasteiger charge is 2.28. The number of rotatable bonds is 4. The Morgan fingerprint density at radius 2 is 2.05 bits per heavy atom. The summed E-state index contributed by atoms with van der Waals surface area (Å²) in [6.45, 7) is 1.97. The summed E-state index contributed by atoms with van der Waals surface area (Å²) in [5, 5.41) is 0. The Hall–Kier alpha value is -1.75. The molecule has 0 radical (unpaired) electrons. The van der Waals surface area contributed by atoms with Gasteiger partial charge in [0.15, 0.2) is 0 Å². The Morgan fingerprint density at radius 3 is 2.67 bits per heavy atom. The largest absolute Gasteiger partial charge is 0.399 e. The lowest BCUT2D eigenvalue weighted by Gasteiger charge is -2.31. The van der Waals surface area contributed by atoms with Crippen LogP contribution in [-0.2, 0) is 0 Å². The van der Waals surface area contributed by atoms with Crippen molar-refractivity contribution in [2.24, 2.45) is 0 Å². The van der Waals surface area contributed by atoms with Crippen LogP contribution in [0.4, 0.5) is 11.4 Å². The monoisotopic (exact) mass is 290 g/mol. The molecule has 5 nitrogen and oxygen atoms in total. The summed E-state index contributed by atoms with van der Waals surface area (Å²) in [5.41, 5.74) is 8.37. The van der Waals surface area contributed by atoms with Crippen molar-refractivity contribution in [2.75, 3.05) is 51.9 Å². The number of hydrogen-bond acceptors (Lipinski definition) is 4. The second-order valence-corrected chi connectivity index (χ2v) is 6.23. The van der Waals surface area contributed by atoms with Crippen molar-refractivity contribution in [3.63, 3.8) is 0 Å². The molecule has 1 heterocycles. The molecule has 2 N–H and O–H groups in total. The van der Waals surface area contributed by atoms with Crippen LogP contribution in [0.15, 0.2) is 18.2 Å². The predicted octanol–water partition coefficient (Wildman–Crippen LogP) is 1.50. The summed E-state index contributed by atoms with van der Waals surface area (Å²) in [6.07, 6.45) is 2.31. The van der Waals surface area contributed by atoms with Gasteiger partial charge in [0.1, 0.15) is 0 Å². The zero-order valence-corrected chi connectivity index (χ0v) is 13.5. The maximum atomic E-state index is 12.4. The van der Waals surface area contributed by atoms with Crippen LogP contribution in [-0.4, -0.2) is 63.0 Å². The second-order valence-electron chi connectivity index (χ2n) is 6.23. The van der Waals surface area contributed by atoms with E-state index >= 15 is 0 Å². The maximum Gasteiger partial charge on any atom is 0.255 e. The van der Waals surface area contributed by atoms with E-state index in [0.717, 1.165) is 37.2 Å². The van der Waals surface area contributed by atoms with Gasteiger partial charge >= 0.3 is 0 Å². The number of benzene rings is 1. The fourth-order valence-corrected chi connectivity index (χ4v) is 2.97. The number of carbonyl (C=O) groups excluding carboxylic acids is 1.